The molecule has 25 heavy (non-hydrogen) atoms. The molecular weight excluding hydrogens is 322 g/mol. The number of carbonyl (C=O) groups excluding carboxylic acids is 1. The van der Waals surface area contributed by atoms with Crippen molar-refractivity contribution in [2.24, 2.45) is 5.10 Å². The van der Waals surface area contributed by atoms with E-state index in [1.54, 1.807) is 7.11 Å². The number of benzene rings is 2. The number of nitro groups is 1. The topological polar surface area (TPSA) is 93.8 Å². The Balaban J connectivity index is 1.86. The van der Waals surface area contributed by atoms with Crippen molar-refractivity contribution in [3.05, 3.63) is 69.8 Å². The van der Waals surface area contributed by atoms with Gasteiger partial charge in [0.05, 0.1) is 12.0 Å². The number of nitrogens with one attached hydrogen (secondary N) is 1. The number of hydrogen-bond acceptors (Lipinski definition) is 5. The van der Waals surface area contributed by atoms with Gasteiger partial charge in [0.2, 0.25) is 0 Å². The van der Waals surface area contributed by atoms with Crippen LogP contribution in [-0.4, -0.2) is 23.7 Å². The van der Waals surface area contributed by atoms with Crippen molar-refractivity contribution in [1.82, 2.24) is 5.43 Å². The summed E-state index contributed by atoms with van der Waals surface area (Å²) < 4.78 is 5.11. The second-order valence-corrected chi connectivity index (χ2v) is 5.44. The van der Waals surface area contributed by atoms with Gasteiger partial charge in [-0.25, -0.2) is 5.43 Å². The van der Waals surface area contributed by atoms with Gasteiger partial charge in [-0.2, -0.15) is 5.10 Å². The molecule has 0 bridgehead atoms. The van der Waals surface area contributed by atoms with E-state index in [4.69, 9.17) is 4.74 Å². The summed E-state index contributed by atoms with van der Waals surface area (Å²) in [4.78, 5) is 22.1. The van der Waals surface area contributed by atoms with Crippen LogP contribution >= 0.6 is 0 Å². The molecule has 0 aromatic heterocycles. The number of carbonyl (C=O) groups is 1. The molecular formula is C18H19N3O4. The van der Waals surface area contributed by atoms with Crippen molar-refractivity contribution >= 4 is 17.3 Å². The molecule has 0 aliphatic rings. The number of hydrogen-bond donors (Lipinski definition) is 1. The van der Waals surface area contributed by atoms with Crippen molar-refractivity contribution in [3.8, 4) is 5.75 Å². The minimum absolute atomic E-state index is 0.0595. The number of aryl methyl sites for hydroxylation is 1. The molecule has 0 fully saturated rings. The van der Waals surface area contributed by atoms with E-state index in [1.807, 2.05) is 31.2 Å². The van der Waals surface area contributed by atoms with E-state index in [1.165, 1.54) is 24.3 Å². The van der Waals surface area contributed by atoms with Crippen molar-refractivity contribution < 1.29 is 14.5 Å². The third-order valence-corrected chi connectivity index (χ3v) is 3.62. The second kappa shape index (κ2) is 8.58. The van der Waals surface area contributed by atoms with Gasteiger partial charge in [0.25, 0.3) is 11.6 Å². The molecule has 0 saturated carbocycles. The fourth-order valence-electron chi connectivity index (χ4n) is 2.12. The largest absolute Gasteiger partial charge is 0.497 e. The predicted octanol–water partition coefficient (Wildman–Crippen LogP) is 3.34. The summed E-state index contributed by atoms with van der Waals surface area (Å²) in [5.41, 5.74) is 4.65. The number of non-ortho nitro benzene ring substituents is 1. The highest BCUT2D eigenvalue weighted by atomic mass is 16.6. The molecule has 7 heteroatoms. The van der Waals surface area contributed by atoms with Gasteiger partial charge < -0.3 is 4.74 Å². The lowest BCUT2D eigenvalue weighted by Crippen LogP contribution is -2.19. The van der Waals surface area contributed by atoms with E-state index in [-0.39, 0.29) is 5.69 Å². The van der Waals surface area contributed by atoms with E-state index in [0.717, 1.165) is 23.4 Å². The number of methoxy groups -OCH3 is 1. The van der Waals surface area contributed by atoms with Crippen LogP contribution in [0.15, 0.2) is 53.6 Å². The second-order valence-electron chi connectivity index (χ2n) is 5.44. The van der Waals surface area contributed by atoms with Crippen LogP contribution in [0.4, 0.5) is 5.69 Å². The molecule has 2 aromatic rings. The molecule has 2 rings (SSSR count). The molecule has 0 spiro atoms. The van der Waals surface area contributed by atoms with Crippen LogP contribution in [-0.2, 0) is 6.42 Å². The Morgan fingerprint density at radius 1 is 1.16 bits per heavy atom. The van der Waals surface area contributed by atoms with Crippen LogP contribution in [0.5, 0.6) is 5.75 Å². The molecule has 0 atom stereocenters. The predicted molar refractivity (Wildman–Crippen MR) is 95.0 cm³/mol. The van der Waals surface area contributed by atoms with Crippen LogP contribution in [0.2, 0.25) is 0 Å². The van der Waals surface area contributed by atoms with Gasteiger partial charge in [-0.1, -0.05) is 12.1 Å². The van der Waals surface area contributed by atoms with Crippen LogP contribution in [0, 0.1) is 10.1 Å². The number of nitro benzene ring substituents is 1. The first-order chi connectivity index (χ1) is 12.0. The highest BCUT2D eigenvalue weighted by molar-refractivity contribution is 5.95. The molecule has 0 unspecified atom stereocenters. The van der Waals surface area contributed by atoms with E-state index in [9.17, 15) is 14.9 Å². The Bertz CT molecular complexity index is 768. The Kier molecular flexibility index (Phi) is 6.22. The molecule has 7 nitrogen and oxygen atoms in total. The molecule has 1 amide bonds. The Morgan fingerprint density at radius 2 is 1.80 bits per heavy atom. The van der Waals surface area contributed by atoms with E-state index >= 15 is 0 Å². The van der Waals surface area contributed by atoms with Gasteiger partial charge in [-0.15, -0.1) is 0 Å². The number of ether oxygens (including phenoxy) is 1. The van der Waals surface area contributed by atoms with Crippen molar-refractivity contribution in [2.45, 2.75) is 19.8 Å². The van der Waals surface area contributed by atoms with Gasteiger partial charge in [0.1, 0.15) is 5.75 Å². The van der Waals surface area contributed by atoms with Crippen molar-refractivity contribution in [1.29, 1.82) is 0 Å². The first-order valence-corrected chi connectivity index (χ1v) is 7.70. The minimum atomic E-state index is -0.511. The van der Waals surface area contributed by atoms with Crippen LogP contribution < -0.4 is 10.2 Å². The SMILES string of the molecule is COc1ccc(CC/C(C)=N\NC(=O)c2ccc([N+](=O)[O-])cc2)cc1. The average molecular weight is 341 g/mol. The van der Waals surface area contributed by atoms with E-state index in [2.05, 4.69) is 10.5 Å². The van der Waals surface area contributed by atoms with Gasteiger partial charge in [0, 0.05) is 23.4 Å². The van der Waals surface area contributed by atoms with Gasteiger partial charge >= 0.3 is 0 Å². The fraction of sp³-hybridized carbons (Fsp3) is 0.222. The standard InChI is InChI=1S/C18H19N3O4/c1-13(3-4-14-5-11-17(25-2)12-6-14)19-20-18(22)15-7-9-16(10-8-15)21(23)24/h5-12H,3-4H2,1-2H3,(H,20,22)/b19-13-. The first-order valence-electron chi connectivity index (χ1n) is 7.70. The molecule has 0 aliphatic heterocycles. The maximum absolute atomic E-state index is 12.0. The molecule has 130 valence electrons. The summed E-state index contributed by atoms with van der Waals surface area (Å²) >= 11 is 0. The number of amides is 1. The van der Waals surface area contributed by atoms with Gasteiger partial charge in [-0.3, -0.25) is 14.9 Å². The lowest BCUT2D eigenvalue weighted by Gasteiger charge is -2.05. The van der Waals surface area contributed by atoms with Crippen LogP contribution in [0.3, 0.4) is 0 Å². The Morgan fingerprint density at radius 3 is 2.36 bits per heavy atom. The fourth-order valence-corrected chi connectivity index (χ4v) is 2.12. The molecule has 1 N–H and O–H groups in total. The first kappa shape index (κ1) is 18.1. The summed E-state index contributed by atoms with van der Waals surface area (Å²) in [6.07, 6.45) is 1.50. The zero-order chi connectivity index (χ0) is 18.2. The zero-order valence-corrected chi connectivity index (χ0v) is 14.1. The number of rotatable bonds is 7. The van der Waals surface area contributed by atoms with Crippen molar-refractivity contribution in [3.63, 3.8) is 0 Å². The van der Waals surface area contributed by atoms with E-state index in [0.29, 0.717) is 12.0 Å². The maximum Gasteiger partial charge on any atom is 0.271 e. The molecule has 0 heterocycles. The Labute approximate surface area is 145 Å². The lowest BCUT2D eigenvalue weighted by atomic mass is 10.1. The maximum atomic E-state index is 12.0. The Hall–Kier alpha value is -3.22. The highest BCUT2D eigenvalue weighted by Crippen LogP contribution is 2.13. The van der Waals surface area contributed by atoms with Crippen LogP contribution in [0.25, 0.3) is 0 Å². The molecule has 0 aliphatic carbocycles. The molecule has 0 radical (unpaired) electrons. The van der Waals surface area contributed by atoms with Gasteiger partial charge in [-0.05, 0) is 49.6 Å². The van der Waals surface area contributed by atoms with Crippen molar-refractivity contribution in [2.75, 3.05) is 7.11 Å². The molecule has 0 saturated heterocycles. The summed E-state index contributed by atoms with van der Waals surface area (Å²) in [5, 5.41) is 14.7. The number of nitrogens with zero attached hydrogens (tertiary/aromatic N) is 2. The minimum Gasteiger partial charge on any atom is -0.497 e. The summed E-state index contributed by atoms with van der Waals surface area (Å²) in [7, 11) is 1.62. The summed E-state index contributed by atoms with van der Waals surface area (Å²) in [6.45, 7) is 1.83. The normalized spacial score (nSPS) is 11.0. The summed E-state index contributed by atoms with van der Waals surface area (Å²) in [6, 6.07) is 13.1. The highest BCUT2D eigenvalue weighted by Gasteiger charge is 2.08. The monoisotopic (exact) mass is 341 g/mol. The quantitative estimate of drug-likeness (QED) is 0.475. The lowest BCUT2D eigenvalue weighted by molar-refractivity contribution is -0.384. The zero-order valence-electron chi connectivity index (χ0n) is 14.1. The third kappa shape index (κ3) is 5.42. The summed E-state index contributed by atoms with van der Waals surface area (Å²) in [5.74, 6) is 0.406. The third-order valence-electron chi connectivity index (χ3n) is 3.62. The van der Waals surface area contributed by atoms with Gasteiger partial charge in [0.15, 0.2) is 0 Å². The molecule has 2 aromatic carbocycles. The van der Waals surface area contributed by atoms with E-state index < -0.39 is 10.8 Å². The van der Waals surface area contributed by atoms with Crippen LogP contribution in [0.1, 0.15) is 29.3 Å². The smallest absolute Gasteiger partial charge is 0.271 e. The number of hydrazone groups is 1. The average Bonchev–Trinajstić information content (AvgIpc) is 2.64.